The first kappa shape index (κ1) is 18.2. The van der Waals surface area contributed by atoms with E-state index in [1.54, 1.807) is 0 Å². The first-order valence-corrected chi connectivity index (χ1v) is 10.9. The van der Waals surface area contributed by atoms with Crippen LogP contribution in [0.3, 0.4) is 0 Å². The monoisotopic (exact) mass is 383 g/mol. The van der Waals surface area contributed by atoms with Gasteiger partial charge in [-0.05, 0) is 62.8 Å². The fraction of sp³-hybridized carbons (Fsp3) is 0.400. The Morgan fingerprint density at radius 1 is 1.15 bits per heavy atom. The number of nitrogens with zero attached hydrogens (tertiary/aromatic N) is 3. The Bertz CT molecular complexity index is 1100. The maximum absolute atomic E-state index is 13.9. The lowest BCUT2D eigenvalue weighted by Crippen LogP contribution is -2.27. The van der Waals surface area contributed by atoms with Crippen LogP contribution in [0.25, 0.3) is 16.7 Å². The van der Waals surface area contributed by atoms with Crippen LogP contribution in [0.5, 0.6) is 0 Å². The molecule has 6 nitrogen and oxygen atoms in total. The van der Waals surface area contributed by atoms with Gasteiger partial charge in [-0.25, -0.2) is 4.98 Å². The Morgan fingerprint density at radius 3 is 2.48 bits per heavy atom. The smallest absolute Gasteiger partial charge is 0.304 e. The molecule has 0 saturated heterocycles. The van der Waals surface area contributed by atoms with Crippen molar-refractivity contribution >= 4 is 29.7 Å². The van der Waals surface area contributed by atoms with Crippen molar-refractivity contribution in [3.05, 3.63) is 41.0 Å². The van der Waals surface area contributed by atoms with Crippen molar-refractivity contribution in [3.63, 3.8) is 0 Å². The van der Waals surface area contributed by atoms with Gasteiger partial charge >= 0.3 is 7.60 Å². The zero-order chi connectivity index (χ0) is 19.0. The number of pyridine rings is 1. The van der Waals surface area contributed by atoms with Crippen LogP contribution in [-0.2, 0) is 26.5 Å². The van der Waals surface area contributed by atoms with Gasteiger partial charge in [-0.3, -0.25) is 8.97 Å². The third-order valence-electron chi connectivity index (χ3n) is 5.01. The number of benzene rings is 1. The summed E-state index contributed by atoms with van der Waals surface area (Å²) in [5.41, 5.74) is 5.10. The van der Waals surface area contributed by atoms with Crippen molar-refractivity contribution in [1.82, 2.24) is 9.38 Å². The maximum Gasteiger partial charge on any atom is 0.378 e. The van der Waals surface area contributed by atoms with Crippen LogP contribution in [0.4, 0.5) is 0 Å². The van der Waals surface area contributed by atoms with Crippen molar-refractivity contribution < 1.29 is 13.6 Å². The Kier molecular flexibility index (Phi) is 4.77. The van der Waals surface area contributed by atoms with Crippen molar-refractivity contribution in [2.24, 2.45) is 0 Å². The van der Waals surface area contributed by atoms with Gasteiger partial charge in [0.1, 0.15) is 11.5 Å². The van der Waals surface area contributed by atoms with E-state index in [1.165, 1.54) is 0 Å². The molecule has 0 bridgehead atoms. The molecule has 2 heterocycles. The largest absolute Gasteiger partial charge is 0.378 e. The third kappa shape index (κ3) is 2.78. The number of hydrogen-bond donors (Lipinski definition) is 0. The summed E-state index contributed by atoms with van der Waals surface area (Å²) >= 11 is 0. The summed E-state index contributed by atoms with van der Waals surface area (Å²) in [6, 6.07) is 10.00. The van der Waals surface area contributed by atoms with E-state index in [9.17, 15) is 9.83 Å². The first-order valence-electron chi connectivity index (χ1n) is 9.39. The molecule has 0 radical (unpaired) electrons. The third-order valence-corrected chi connectivity index (χ3v) is 7.19. The van der Waals surface area contributed by atoms with Crippen LogP contribution in [0.2, 0.25) is 0 Å². The van der Waals surface area contributed by atoms with E-state index in [4.69, 9.17) is 14.0 Å². The van der Waals surface area contributed by atoms with Crippen molar-refractivity contribution in [3.8, 4) is 6.07 Å². The van der Waals surface area contributed by atoms with Gasteiger partial charge in [-0.1, -0.05) is 12.1 Å². The summed E-state index contributed by atoms with van der Waals surface area (Å²) < 4.78 is 27.2. The highest BCUT2D eigenvalue weighted by Gasteiger charge is 2.37. The van der Waals surface area contributed by atoms with Crippen LogP contribution in [0.1, 0.15) is 43.4 Å². The number of imidazole rings is 1. The molecule has 1 aromatic carbocycles. The molecular formula is C20H22N3O3P. The number of fused-ring (bicyclic) bond motifs is 4. The molecule has 0 atom stereocenters. The molecule has 0 aliphatic heterocycles. The lowest BCUT2D eigenvalue weighted by molar-refractivity contribution is 0.229. The van der Waals surface area contributed by atoms with Crippen LogP contribution in [0, 0.1) is 11.3 Å². The average Bonchev–Trinajstić information content (AvgIpc) is 3.05. The number of nitriles is 1. The highest BCUT2D eigenvalue weighted by atomic mass is 31.2. The van der Waals surface area contributed by atoms with Crippen molar-refractivity contribution in [1.29, 1.82) is 5.26 Å². The summed E-state index contributed by atoms with van der Waals surface area (Å²) in [6.07, 6.45) is 3.53. The molecule has 27 heavy (non-hydrogen) atoms. The molecule has 1 aliphatic rings. The molecule has 0 fully saturated rings. The second-order valence-corrected chi connectivity index (χ2v) is 8.50. The maximum atomic E-state index is 13.9. The van der Waals surface area contributed by atoms with Gasteiger partial charge in [0.15, 0.2) is 5.65 Å². The van der Waals surface area contributed by atoms with E-state index in [0.29, 0.717) is 16.6 Å². The van der Waals surface area contributed by atoms with E-state index >= 15 is 0 Å². The fourth-order valence-electron chi connectivity index (χ4n) is 4.01. The van der Waals surface area contributed by atoms with Gasteiger partial charge in [0, 0.05) is 0 Å². The van der Waals surface area contributed by atoms with Gasteiger partial charge < -0.3 is 9.05 Å². The Balaban J connectivity index is 2.22. The van der Waals surface area contributed by atoms with Gasteiger partial charge in [0.05, 0.1) is 29.8 Å². The minimum Gasteiger partial charge on any atom is -0.304 e. The Morgan fingerprint density at radius 2 is 1.81 bits per heavy atom. The Labute approximate surface area is 158 Å². The average molecular weight is 383 g/mol. The molecule has 0 unspecified atom stereocenters. The second kappa shape index (κ2) is 7.09. The minimum atomic E-state index is -3.57. The van der Waals surface area contributed by atoms with Crippen LogP contribution < -0.4 is 5.44 Å². The minimum absolute atomic E-state index is 0.278. The van der Waals surface area contributed by atoms with Gasteiger partial charge in [-0.2, -0.15) is 5.26 Å². The second-order valence-electron chi connectivity index (χ2n) is 6.57. The van der Waals surface area contributed by atoms with Crippen LogP contribution in [-0.4, -0.2) is 22.6 Å². The Hall–Kier alpha value is -2.19. The molecule has 2 aromatic heterocycles. The zero-order valence-corrected chi connectivity index (χ0v) is 16.5. The van der Waals surface area contributed by atoms with E-state index in [2.05, 4.69) is 6.07 Å². The van der Waals surface area contributed by atoms with Crippen LogP contribution in [0.15, 0.2) is 24.3 Å². The van der Waals surface area contributed by atoms with E-state index in [-0.39, 0.29) is 13.2 Å². The quantitative estimate of drug-likeness (QED) is 0.619. The summed E-state index contributed by atoms with van der Waals surface area (Å²) in [7, 11) is -3.57. The fourth-order valence-corrected chi connectivity index (χ4v) is 6.03. The van der Waals surface area contributed by atoms with Crippen molar-refractivity contribution in [2.45, 2.75) is 39.5 Å². The summed E-state index contributed by atoms with van der Waals surface area (Å²) in [5.74, 6) is 0. The lowest BCUT2D eigenvalue weighted by atomic mass is 9.90. The molecule has 0 amide bonds. The molecule has 7 heteroatoms. The first-order chi connectivity index (χ1) is 13.1. The number of hydrogen-bond acceptors (Lipinski definition) is 5. The van der Waals surface area contributed by atoms with Crippen LogP contribution >= 0.6 is 7.60 Å². The summed E-state index contributed by atoms with van der Waals surface area (Å²) in [5, 5.41) is 9.88. The van der Waals surface area contributed by atoms with E-state index in [1.807, 2.05) is 42.5 Å². The van der Waals surface area contributed by atoms with Gasteiger partial charge in [-0.15, -0.1) is 0 Å². The normalized spacial score (nSPS) is 14.4. The van der Waals surface area contributed by atoms with Crippen molar-refractivity contribution in [2.75, 3.05) is 13.2 Å². The molecule has 0 spiro atoms. The zero-order valence-electron chi connectivity index (χ0n) is 15.6. The van der Waals surface area contributed by atoms with E-state index in [0.717, 1.165) is 47.8 Å². The molecule has 3 aromatic rings. The molecule has 1 aliphatic carbocycles. The topological polar surface area (TPSA) is 76.6 Å². The highest BCUT2D eigenvalue weighted by Crippen LogP contribution is 2.49. The number of para-hydroxylation sites is 2. The van der Waals surface area contributed by atoms with E-state index < -0.39 is 7.60 Å². The summed E-state index contributed by atoms with van der Waals surface area (Å²) in [6.45, 7) is 4.18. The van der Waals surface area contributed by atoms with Gasteiger partial charge in [0.25, 0.3) is 0 Å². The summed E-state index contributed by atoms with van der Waals surface area (Å²) in [4.78, 5) is 4.70. The molecular weight excluding hydrogens is 361 g/mol. The predicted octanol–water partition coefficient (Wildman–Crippen LogP) is 4.13. The predicted molar refractivity (Wildman–Crippen MR) is 105 cm³/mol. The molecule has 140 valence electrons. The molecule has 4 rings (SSSR count). The number of rotatable bonds is 5. The standard InChI is InChI=1S/C20H22N3O3P/c1-3-25-27(24,26-4-2)20-15-10-6-5-9-14(15)16(13-21)19-22-17-11-7-8-12-18(17)23(19)20/h7-8,11-12H,3-6,9-10H2,1-2H3. The molecule has 0 saturated carbocycles. The van der Waals surface area contributed by atoms with Gasteiger partial charge in [0.2, 0.25) is 0 Å². The lowest BCUT2D eigenvalue weighted by Gasteiger charge is -2.26. The molecule has 0 N–H and O–H groups in total. The number of aromatic nitrogens is 2. The highest BCUT2D eigenvalue weighted by molar-refractivity contribution is 7.62. The SMILES string of the molecule is CCOP(=O)(OCC)c1c2c(c(C#N)c3nc4ccccc4n13)CCCC2.